The summed E-state index contributed by atoms with van der Waals surface area (Å²) in [5.74, 6) is 2.24. The van der Waals surface area contributed by atoms with Gasteiger partial charge >= 0.3 is 0 Å². The van der Waals surface area contributed by atoms with E-state index in [1.54, 1.807) is 24.2 Å². The molecule has 0 N–H and O–H groups in total. The van der Waals surface area contributed by atoms with E-state index < -0.39 is 9.84 Å². The van der Waals surface area contributed by atoms with Crippen LogP contribution in [0.15, 0.2) is 18.2 Å². The fourth-order valence-electron chi connectivity index (χ4n) is 4.03. The minimum Gasteiger partial charge on any atom is -0.493 e. The largest absolute Gasteiger partial charge is 0.493 e. The van der Waals surface area contributed by atoms with E-state index in [-0.39, 0.29) is 23.5 Å². The highest BCUT2D eigenvalue weighted by molar-refractivity contribution is 7.91. The van der Waals surface area contributed by atoms with Crippen molar-refractivity contribution < 1.29 is 27.4 Å². The van der Waals surface area contributed by atoms with Gasteiger partial charge in [-0.1, -0.05) is 0 Å². The van der Waals surface area contributed by atoms with Gasteiger partial charge in [0.1, 0.15) is 13.2 Å². The van der Waals surface area contributed by atoms with Gasteiger partial charge in [0, 0.05) is 38.3 Å². The van der Waals surface area contributed by atoms with E-state index in [1.165, 1.54) is 0 Å². The van der Waals surface area contributed by atoms with Gasteiger partial charge in [0.15, 0.2) is 21.3 Å². The lowest BCUT2D eigenvalue weighted by atomic mass is 10.1. The van der Waals surface area contributed by atoms with E-state index in [0.717, 1.165) is 5.56 Å². The summed E-state index contributed by atoms with van der Waals surface area (Å²) >= 11 is 0. The molecule has 3 aliphatic rings. The number of sulfone groups is 1. The summed E-state index contributed by atoms with van der Waals surface area (Å²) in [5, 5.41) is 0. The lowest BCUT2D eigenvalue weighted by Gasteiger charge is -2.37. The van der Waals surface area contributed by atoms with Crippen LogP contribution in [0.1, 0.15) is 12.0 Å². The highest BCUT2D eigenvalue weighted by atomic mass is 32.2. The third-order valence-corrected chi connectivity index (χ3v) is 7.37. The second kappa shape index (κ2) is 8.23. The van der Waals surface area contributed by atoms with Crippen molar-refractivity contribution in [3.05, 3.63) is 23.8 Å². The summed E-state index contributed by atoms with van der Waals surface area (Å²) < 4.78 is 40.0. The Hall–Kier alpha value is -2.26. The Kier molecular flexibility index (Phi) is 5.69. The number of benzene rings is 1. The maximum absolute atomic E-state index is 12.6. The summed E-state index contributed by atoms with van der Waals surface area (Å²) in [6.45, 7) is 3.58. The summed E-state index contributed by atoms with van der Waals surface area (Å²) in [6.07, 6.45) is 4.00. The Morgan fingerprint density at radius 2 is 1.93 bits per heavy atom. The summed E-state index contributed by atoms with van der Waals surface area (Å²) in [6, 6.07) is 3.74. The number of hydrogen-bond acceptors (Lipinski definition) is 7. The second-order valence-corrected chi connectivity index (χ2v) is 9.73. The molecule has 8 nitrogen and oxygen atoms in total. The maximum Gasteiger partial charge on any atom is 0.246 e. The molecule has 1 atom stereocenters. The first-order valence-electron chi connectivity index (χ1n) is 9.84. The Balaban J connectivity index is 1.36. The molecule has 9 heteroatoms. The molecule has 1 aromatic carbocycles. The molecule has 2 saturated heterocycles. The van der Waals surface area contributed by atoms with Gasteiger partial charge in [-0.2, -0.15) is 0 Å². The summed E-state index contributed by atoms with van der Waals surface area (Å²) in [4.78, 5) is 16.6. The number of hydrogen-bond donors (Lipinski definition) is 0. The van der Waals surface area contributed by atoms with Gasteiger partial charge in [-0.25, -0.2) is 8.42 Å². The number of carbonyl (C=O) groups excluding carboxylic acids is 1. The topological polar surface area (TPSA) is 85.4 Å². The van der Waals surface area contributed by atoms with E-state index in [2.05, 4.69) is 4.90 Å². The van der Waals surface area contributed by atoms with E-state index >= 15 is 0 Å². The van der Waals surface area contributed by atoms with E-state index in [9.17, 15) is 13.2 Å². The van der Waals surface area contributed by atoms with Crippen molar-refractivity contribution in [2.45, 2.75) is 12.5 Å². The van der Waals surface area contributed by atoms with Crippen molar-refractivity contribution >= 4 is 21.8 Å². The van der Waals surface area contributed by atoms with Crippen LogP contribution < -0.4 is 14.2 Å². The van der Waals surface area contributed by atoms with Gasteiger partial charge in [-0.15, -0.1) is 0 Å². The Morgan fingerprint density at radius 1 is 1.17 bits per heavy atom. The van der Waals surface area contributed by atoms with Crippen molar-refractivity contribution in [3.63, 3.8) is 0 Å². The molecule has 2 fully saturated rings. The number of nitrogens with zero attached hydrogens (tertiary/aromatic N) is 2. The van der Waals surface area contributed by atoms with Crippen LogP contribution in [0.25, 0.3) is 6.08 Å². The van der Waals surface area contributed by atoms with Crippen LogP contribution in [-0.4, -0.2) is 88.2 Å². The van der Waals surface area contributed by atoms with Crippen LogP contribution in [0.5, 0.6) is 17.2 Å². The minimum atomic E-state index is -2.89. The SMILES string of the molecule is COc1cc(/C=C/C(=O)N2CCN([C@@H]3CCS(=O)(=O)C3)CC2)cc2c1OCCO2. The zero-order chi connectivity index (χ0) is 20.4. The average molecular weight is 423 g/mol. The first kappa shape index (κ1) is 20.0. The average Bonchev–Trinajstić information content (AvgIpc) is 3.11. The fourth-order valence-corrected chi connectivity index (χ4v) is 5.79. The molecular weight excluding hydrogens is 396 g/mol. The molecule has 0 aromatic heterocycles. The molecule has 0 aliphatic carbocycles. The number of piperazine rings is 1. The van der Waals surface area contributed by atoms with Crippen molar-refractivity contribution in [2.24, 2.45) is 0 Å². The molecule has 1 aromatic rings. The normalized spacial score (nSPS) is 24.0. The van der Waals surface area contributed by atoms with Crippen molar-refractivity contribution in [1.29, 1.82) is 0 Å². The van der Waals surface area contributed by atoms with Crippen molar-refractivity contribution in [3.8, 4) is 17.2 Å². The smallest absolute Gasteiger partial charge is 0.246 e. The Morgan fingerprint density at radius 3 is 2.62 bits per heavy atom. The number of ether oxygens (including phenoxy) is 3. The van der Waals surface area contributed by atoms with Crippen LogP contribution in [-0.2, 0) is 14.6 Å². The van der Waals surface area contributed by atoms with Gasteiger partial charge in [-0.3, -0.25) is 9.69 Å². The van der Waals surface area contributed by atoms with Crippen LogP contribution >= 0.6 is 0 Å². The summed E-state index contributed by atoms with van der Waals surface area (Å²) in [7, 11) is -1.32. The van der Waals surface area contributed by atoms with Gasteiger partial charge in [0.25, 0.3) is 0 Å². The monoisotopic (exact) mass is 422 g/mol. The van der Waals surface area contributed by atoms with Crippen LogP contribution in [0.2, 0.25) is 0 Å². The number of methoxy groups -OCH3 is 1. The standard InChI is InChI=1S/C20H26N2O6S/c1-26-17-12-15(13-18-20(17)28-10-9-27-18)2-3-19(23)22-7-5-21(6-8-22)16-4-11-29(24,25)14-16/h2-3,12-13,16H,4-11,14H2,1H3/b3-2+/t16-/m1/s1. The van der Waals surface area contributed by atoms with Gasteiger partial charge in [0.2, 0.25) is 11.7 Å². The number of carbonyl (C=O) groups is 1. The zero-order valence-corrected chi connectivity index (χ0v) is 17.3. The Labute approximate surface area is 170 Å². The third-order valence-electron chi connectivity index (χ3n) is 5.62. The highest BCUT2D eigenvalue weighted by Gasteiger charge is 2.34. The molecular formula is C20H26N2O6S. The lowest BCUT2D eigenvalue weighted by Crippen LogP contribution is -2.52. The first-order valence-corrected chi connectivity index (χ1v) is 11.7. The molecule has 158 valence electrons. The third kappa shape index (κ3) is 4.51. The van der Waals surface area contributed by atoms with Gasteiger partial charge in [-0.05, 0) is 30.2 Å². The molecule has 0 unspecified atom stereocenters. The molecule has 1 amide bonds. The molecule has 29 heavy (non-hydrogen) atoms. The number of fused-ring (bicyclic) bond motifs is 1. The maximum atomic E-state index is 12.6. The lowest BCUT2D eigenvalue weighted by molar-refractivity contribution is -0.127. The molecule has 0 saturated carbocycles. The molecule has 3 aliphatic heterocycles. The van der Waals surface area contributed by atoms with Crippen LogP contribution in [0, 0.1) is 0 Å². The van der Waals surface area contributed by atoms with Crippen molar-refractivity contribution in [1.82, 2.24) is 9.80 Å². The summed E-state index contributed by atoms with van der Waals surface area (Å²) in [5.41, 5.74) is 0.800. The Bertz CT molecular complexity index is 889. The number of amides is 1. The highest BCUT2D eigenvalue weighted by Crippen LogP contribution is 2.40. The molecule has 0 spiro atoms. The first-order chi connectivity index (χ1) is 13.9. The van der Waals surface area contributed by atoms with Crippen molar-refractivity contribution in [2.75, 3.05) is 58.0 Å². The fraction of sp³-hybridized carbons (Fsp3) is 0.550. The van der Waals surface area contributed by atoms with E-state index in [4.69, 9.17) is 14.2 Å². The van der Waals surface area contributed by atoms with Crippen LogP contribution in [0.3, 0.4) is 0 Å². The van der Waals surface area contributed by atoms with Gasteiger partial charge in [0.05, 0.1) is 18.6 Å². The molecule has 3 heterocycles. The van der Waals surface area contributed by atoms with E-state index in [1.807, 2.05) is 12.1 Å². The molecule has 0 bridgehead atoms. The van der Waals surface area contributed by atoms with Gasteiger partial charge < -0.3 is 19.1 Å². The van der Waals surface area contributed by atoms with E-state index in [0.29, 0.717) is 63.1 Å². The second-order valence-electron chi connectivity index (χ2n) is 7.50. The number of rotatable bonds is 4. The predicted octanol–water partition coefficient (Wildman–Crippen LogP) is 0.811. The molecule has 4 rings (SSSR count). The predicted molar refractivity (Wildman–Crippen MR) is 108 cm³/mol. The van der Waals surface area contributed by atoms with Crippen LogP contribution in [0.4, 0.5) is 0 Å². The minimum absolute atomic E-state index is 0.0578. The quantitative estimate of drug-likeness (QED) is 0.664. The zero-order valence-electron chi connectivity index (χ0n) is 16.5. The molecule has 0 radical (unpaired) electrons.